The quantitative estimate of drug-likeness (QED) is 0.519. The lowest BCUT2D eigenvalue weighted by Crippen LogP contribution is -2.34. The van der Waals surface area contributed by atoms with Crippen LogP contribution in [-0.4, -0.2) is 26.0 Å². The standard InChI is InChI=1S/C3H3N3O3.C3H2O2S3/c7-1-4-2(8)6-3(9)5-1;4-3(5)2-1-6-8-7-2/h(H3,4,5,6,7,8,9);1H,(H,4,5). The van der Waals surface area contributed by atoms with Gasteiger partial charge in [-0.1, -0.05) is 10.8 Å². The number of carboxylic acids is 1. The minimum atomic E-state index is -0.826. The molecule has 1 aromatic rings. The average molecular weight is 295 g/mol. The van der Waals surface area contributed by atoms with Gasteiger partial charge in [0.25, 0.3) is 0 Å². The lowest BCUT2D eigenvalue weighted by molar-refractivity contribution is -0.131. The maximum absolute atomic E-state index is 10.2. The fraction of sp³-hybridized carbons (Fsp3) is 0. The van der Waals surface area contributed by atoms with Gasteiger partial charge in [-0.2, -0.15) is 0 Å². The van der Waals surface area contributed by atoms with E-state index in [0.29, 0.717) is 4.91 Å². The summed E-state index contributed by atoms with van der Waals surface area (Å²) in [6, 6.07) is 0. The van der Waals surface area contributed by atoms with E-state index in [1.165, 1.54) is 31.4 Å². The Bertz CT molecular complexity index is 521. The van der Waals surface area contributed by atoms with Crippen molar-refractivity contribution < 1.29 is 9.90 Å². The van der Waals surface area contributed by atoms with Gasteiger partial charge < -0.3 is 5.11 Å². The molecule has 0 spiro atoms. The molecule has 0 saturated heterocycles. The summed E-state index contributed by atoms with van der Waals surface area (Å²) in [6.07, 6.45) is 0. The molecule has 8 nitrogen and oxygen atoms in total. The summed E-state index contributed by atoms with van der Waals surface area (Å²) in [6.45, 7) is 0. The summed E-state index contributed by atoms with van der Waals surface area (Å²) in [5.74, 6) is -0.826. The van der Waals surface area contributed by atoms with Gasteiger partial charge in [-0.05, 0) is 20.6 Å². The summed E-state index contributed by atoms with van der Waals surface area (Å²) >= 11 is 0. The van der Waals surface area contributed by atoms with Crippen LogP contribution in [0.2, 0.25) is 0 Å². The molecule has 2 heterocycles. The van der Waals surface area contributed by atoms with Crippen LogP contribution < -0.4 is 17.1 Å². The third kappa shape index (κ3) is 5.01. The fourth-order valence-electron chi connectivity index (χ4n) is 0.628. The number of aromatic amines is 3. The number of hydrogen-bond donors (Lipinski definition) is 4. The second-order valence-electron chi connectivity index (χ2n) is 2.40. The van der Waals surface area contributed by atoms with E-state index in [0.717, 1.165) is 0 Å². The average Bonchev–Trinajstić information content (AvgIpc) is 2.68. The molecule has 0 bridgehead atoms. The van der Waals surface area contributed by atoms with Crippen molar-refractivity contribution in [3.8, 4) is 0 Å². The zero-order valence-corrected chi connectivity index (χ0v) is 10.3. The molecule has 0 unspecified atom stereocenters. The van der Waals surface area contributed by atoms with Crippen molar-refractivity contribution in [1.29, 1.82) is 0 Å². The highest BCUT2D eigenvalue weighted by Gasteiger charge is 2.13. The van der Waals surface area contributed by atoms with Gasteiger partial charge in [-0.25, -0.2) is 19.2 Å². The van der Waals surface area contributed by atoms with E-state index in [2.05, 4.69) is 0 Å². The Morgan fingerprint density at radius 2 is 1.53 bits per heavy atom. The number of nitrogens with one attached hydrogen (secondary N) is 3. The third-order valence-electron chi connectivity index (χ3n) is 1.21. The summed E-state index contributed by atoms with van der Waals surface area (Å²) in [5.41, 5.74) is -2.41. The summed E-state index contributed by atoms with van der Waals surface area (Å²) < 4.78 is 0. The Kier molecular flexibility index (Phi) is 5.18. The van der Waals surface area contributed by atoms with Crippen LogP contribution >= 0.6 is 31.4 Å². The Labute approximate surface area is 104 Å². The molecule has 17 heavy (non-hydrogen) atoms. The normalized spacial score (nSPS) is 13.5. The number of hydrogen-bond acceptors (Lipinski definition) is 7. The van der Waals surface area contributed by atoms with Crippen LogP contribution in [0.15, 0.2) is 24.7 Å². The van der Waals surface area contributed by atoms with Crippen molar-refractivity contribution in [3.05, 3.63) is 41.8 Å². The van der Waals surface area contributed by atoms with Gasteiger partial charge in [0.15, 0.2) is 0 Å². The molecule has 1 aliphatic heterocycles. The van der Waals surface area contributed by atoms with Crippen LogP contribution in [0.3, 0.4) is 0 Å². The molecule has 92 valence electrons. The van der Waals surface area contributed by atoms with Gasteiger partial charge in [-0.3, -0.25) is 15.0 Å². The first-order valence-corrected chi connectivity index (χ1v) is 7.40. The lowest BCUT2D eigenvalue weighted by Gasteiger charge is -1.84. The van der Waals surface area contributed by atoms with Gasteiger partial charge in [-0.15, -0.1) is 0 Å². The highest BCUT2D eigenvalue weighted by Crippen LogP contribution is 2.48. The van der Waals surface area contributed by atoms with E-state index >= 15 is 0 Å². The van der Waals surface area contributed by atoms with Gasteiger partial charge in [0.2, 0.25) is 0 Å². The highest BCUT2D eigenvalue weighted by molar-refractivity contribution is 9.12. The molecule has 1 aliphatic rings. The van der Waals surface area contributed by atoms with Crippen molar-refractivity contribution in [1.82, 2.24) is 15.0 Å². The zero-order valence-electron chi connectivity index (χ0n) is 7.88. The number of carboxylic acid groups (broad SMARTS) is 1. The molecule has 11 heteroatoms. The number of rotatable bonds is 1. The molecule has 0 fully saturated rings. The zero-order chi connectivity index (χ0) is 12.8. The van der Waals surface area contributed by atoms with E-state index in [-0.39, 0.29) is 0 Å². The molecule has 0 amide bonds. The Balaban J connectivity index is 0.000000171. The Hall–Kier alpha value is -1.33. The van der Waals surface area contributed by atoms with Gasteiger partial charge in [0.05, 0.1) is 0 Å². The lowest BCUT2D eigenvalue weighted by atomic mass is 10.7. The molecule has 0 saturated carbocycles. The molecule has 0 radical (unpaired) electrons. The molecule has 0 atom stereocenters. The molecule has 1 aromatic heterocycles. The molecular weight excluding hydrogens is 290 g/mol. The smallest absolute Gasteiger partial charge is 0.343 e. The maximum Gasteiger partial charge on any atom is 0.343 e. The molecule has 4 N–H and O–H groups in total. The van der Waals surface area contributed by atoms with Gasteiger partial charge >= 0.3 is 23.0 Å². The van der Waals surface area contributed by atoms with Crippen LogP contribution in [-0.2, 0) is 4.79 Å². The fourth-order valence-corrected chi connectivity index (χ4v) is 4.20. The van der Waals surface area contributed by atoms with Crippen LogP contribution in [0.25, 0.3) is 0 Å². The largest absolute Gasteiger partial charge is 0.477 e. The first kappa shape index (κ1) is 13.7. The van der Waals surface area contributed by atoms with Crippen LogP contribution in [0.4, 0.5) is 0 Å². The first-order chi connectivity index (χ1) is 7.99. The molecule has 0 aromatic carbocycles. The van der Waals surface area contributed by atoms with Gasteiger partial charge in [0.1, 0.15) is 4.91 Å². The van der Waals surface area contributed by atoms with E-state index in [1.54, 1.807) is 20.4 Å². The monoisotopic (exact) mass is 295 g/mol. The number of aliphatic carboxylic acids is 1. The van der Waals surface area contributed by atoms with Crippen molar-refractivity contribution in [2.24, 2.45) is 0 Å². The number of H-pyrrole nitrogens is 3. The Morgan fingerprint density at radius 3 is 1.76 bits per heavy atom. The van der Waals surface area contributed by atoms with Crippen LogP contribution in [0.5, 0.6) is 0 Å². The van der Waals surface area contributed by atoms with E-state index < -0.39 is 23.0 Å². The number of aromatic nitrogens is 3. The summed E-state index contributed by atoms with van der Waals surface area (Å²) in [5, 5.41) is 9.93. The van der Waals surface area contributed by atoms with Gasteiger partial charge in [0, 0.05) is 5.41 Å². The van der Waals surface area contributed by atoms with Crippen molar-refractivity contribution in [3.63, 3.8) is 0 Å². The molecule has 2 rings (SSSR count). The van der Waals surface area contributed by atoms with Crippen LogP contribution in [0.1, 0.15) is 0 Å². The molecule has 0 aliphatic carbocycles. The van der Waals surface area contributed by atoms with E-state index in [9.17, 15) is 19.2 Å². The van der Waals surface area contributed by atoms with E-state index in [1.807, 2.05) is 0 Å². The summed E-state index contributed by atoms with van der Waals surface area (Å²) in [7, 11) is 4.21. The molecular formula is C6H5N3O5S3. The minimum Gasteiger partial charge on any atom is -0.477 e. The summed E-state index contributed by atoms with van der Waals surface area (Å²) in [4.78, 5) is 46.4. The highest BCUT2D eigenvalue weighted by atomic mass is 33.5. The first-order valence-electron chi connectivity index (χ1n) is 3.85. The second-order valence-corrected chi connectivity index (χ2v) is 6.28. The van der Waals surface area contributed by atoms with Crippen molar-refractivity contribution >= 4 is 37.4 Å². The maximum atomic E-state index is 10.2. The Morgan fingerprint density at radius 1 is 1.06 bits per heavy atom. The predicted molar refractivity (Wildman–Crippen MR) is 66.8 cm³/mol. The topological polar surface area (TPSA) is 136 Å². The number of carbonyl (C=O) groups is 1. The van der Waals surface area contributed by atoms with Crippen LogP contribution in [0, 0.1) is 0 Å². The van der Waals surface area contributed by atoms with Crippen molar-refractivity contribution in [2.45, 2.75) is 0 Å². The second kappa shape index (κ2) is 6.42. The van der Waals surface area contributed by atoms with E-state index in [4.69, 9.17) is 5.11 Å². The minimum absolute atomic E-state index is 0.431. The van der Waals surface area contributed by atoms with Crippen molar-refractivity contribution in [2.75, 3.05) is 0 Å². The third-order valence-corrected chi connectivity index (χ3v) is 4.90. The predicted octanol–water partition coefficient (Wildman–Crippen LogP) is -0.293. The SMILES string of the molecule is O=C(O)C1=CSSS1.O=c1[nH]c(=O)[nH]c(=O)[nH]1.